The number of primary amides is 1. The van der Waals surface area contributed by atoms with Gasteiger partial charge in [-0.05, 0) is 6.42 Å². The Morgan fingerprint density at radius 1 is 1.40 bits per heavy atom. The lowest BCUT2D eigenvalue weighted by molar-refractivity contribution is -0.119. The van der Waals surface area contributed by atoms with Gasteiger partial charge in [0.2, 0.25) is 5.91 Å². The fraction of sp³-hybridized carbons (Fsp3) is 0.556. The maximum Gasteiger partial charge on any atom is 0.318 e. The van der Waals surface area contributed by atoms with Crippen molar-refractivity contribution in [2.45, 2.75) is 6.42 Å². The summed E-state index contributed by atoms with van der Waals surface area (Å²) >= 11 is 0. The highest BCUT2D eigenvalue weighted by Crippen LogP contribution is 1.81. The van der Waals surface area contributed by atoms with Crippen molar-refractivity contribution in [3.63, 3.8) is 0 Å². The molecule has 0 aliphatic heterocycles. The monoisotopic (exact) mass is 215 g/mol. The second kappa shape index (κ2) is 9.17. The zero-order chi connectivity index (χ0) is 11.5. The van der Waals surface area contributed by atoms with Crippen LogP contribution in [0.1, 0.15) is 6.42 Å². The number of urea groups is 1. The third-order valence-corrected chi connectivity index (χ3v) is 1.44. The number of amides is 3. The molecule has 3 amide bonds. The Hall–Kier alpha value is -1.40. The van der Waals surface area contributed by atoms with Gasteiger partial charge in [-0.3, -0.25) is 10.1 Å². The quantitative estimate of drug-likeness (QED) is 0.371. The molecule has 0 aliphatic carbocycles. The molecule has 15 heavy (non-hydrogen) atoms. The van der Waals surface area contributed by atoms with Crippen molar-refractivity contribution in [3.05, 3.63) is 12.7 Å². The summed E-state index contributed by atoms with van der Waals surface area (Å²) in [6, 6.07) is -0.843. The van der Waals surface area contributed by atoms with Gasteiger partial charge >= 0.3 is 6.03 Å². The molecular formula is C9H17N3O3. The van der Waals surface area contributed by atoms with Crippen LogP contribution in [0.25, 0.3) is 0 Å². The molecule has 0 unspecified atom stereocenters. The molecule has 0 bridgehead atoms. The first kappa shape index (κ1) is 13.6. The zero-order valence-electron chi connectivity index (χ0n) is 8.62. The molecule has 0 aromatic rings. The fourth-order valence-electron chi connectivity index (χ4n) is 0.797. The molecule has 0 heterocycles. The number of nitrogens with two attached hydrogens (primary N) is 1. The largest absolute Gasteiger partial charge is 0.380 e. The molecule has 0 spiro atoms. The molecule has 0 fully saturated rings. The molecule has 0 aromatic heterocycles. The van der Waals surface area contributed by atoms with E-state index in [9.17, 15) is 9.59 Å². The van der Waals surface area contributed by atoms with Gasteiger partial charge in [0, 0.05) is 6.54 Å². The first-order chi connectivity index (χ1) is 7.16. The number of carbonyl (C=O) groups is 2. The molecule has 6 nitrogen and oxygen atoms in total. The summed E-state index contributed by atoms with van der Waals surface area (Å²) in [5.74, 6) is -0.450. The van der Waals surface area contributed by atoms with Crippen LogP contribution in [0.15, 0.2) is 12.7 Å². The smallest absolute Gasteiger partial charge is 0.318 e. The van der Waals surface area contributed by atoms with Crippen LogP contribution in [0.3, 0.4) is 0 Å². The van der Waals surface area contributed by atoms with Gasteiger partial charge in [-0.25, -0.2) is 4.79 Å². The van der Waals surface area contributed by atoms with E-state index in [-0.39, 0.29) is 6.54 Å². The number of hydrogen-bond donors (Lipinski definition) is 3. The number of ether oxygens (including phenoxy) is 1. The molecule has 4 N–H and O–H groups in total. The highest BCUT2D eigenvalue weighted by Gasteiger charge is 2.01. The van der Waals surface area contributed by atoms with Crippen LogP contribution < -0.4 is 16.4 Å². The summed E-state index contributed by atoms with van der Waals surface area (Å²) in [5.41, 5.74) is 4.75. The number of rotatable bonds is 8. The molecule has 6 heteroatoms. The number of hydrogen-bond acceptors (Lipinski definition) is 4. The predicted octanol–water partition coefficient (Wildman–Crippen LogP) is -0.636. The van der Waals surface area contributed by atoms with Crippen LogP contribution in [0, 0.1) is 0 Å². The van der Waals surface area contributed by atoms with Crippen LogP contribution >= 0.6 is 0 Å². The van der Waals surface area contributed by atoms with Gasteiger partial charge in [-0.2, -0.15) is 0 Å². The lowest BCUT2D eigenvalue weighted by Crippen LogP contribution is -2.41. The Kier molecular flexibility index (Phi) is 8.31. The Bertz CT molecular complexity index is 219. The summed E-state index contributed by atoms with van der Waals surface area (Å²) in [5, 5.41) is 4.73. The fourth-order valence-corrected chi connectivity index (χ4v) is 0.797. The van der Waals surface area contributed by atoms with Gasteiger partial charge < -0.3 is 15.8 Å². The van der Waals surface area contributed by atoms with Crippen LogP contribution in [-0.4, -0.2) is 38.2 Å². The van der Waals surface area contributed by atoms with E-state index in [2.05, 4.69) is 11.9 Å². The van der Waals surface area contributed by atoms with Crippen molar-refractivity contribution in [3.8, 4) is 0 Å². The number of imide groups is 1. The molecule has 0 saturated heterocycles. The Labute approximate surface area is 88.8 Å². The summed E-state index contributed by atoms with van der Waals surface area (Å²) < 4.78 is 5.18. The average Bonchev–Trinajstić information content (AvgIpc) is 2.15. The van der Waals surface area contributed by atoms with E-state index in [0.717, 1.165) is 6.42 Å². The first-order valence-electron chi connectivity index (χ1n) is 4.65. The maximum absolute atomic E-state index is 10.9. The van der Waals surface area contributed by atoms with E-state index in [0.29, 0.717) is 19.8 Å². The van der Waals surface area contributed by atoms with Gasteiger partial charge in [0.05, 0.1) is 19.8 Å². The average molecular weight is 215 g/mol. The maximum atomic E-state index is 10.9. The second-order valence-corrected chi connectivity index (χ2v) is 2.78. The van der Waals surface area contributed by atoms with Crippen molar-refractivity contribution in [1.29, 1.82) is 0 Å². The zero-order valence-corrected chi connectivity index (χ0v) is 8.62. The molecule has 0 radical (unpaired) electrons. The highest BCUT2D eigenvalue weighted by molar-refractivity contribution is 5.94. The third kappa shape index (κ3) is 10.5. The third-order valence-electron chi connectivity index (χ3n) is 1.44. The minimum atomic E-state index is -0.843. The van der Waals surface area contributed by atoms with E-state index in [1.165, 1.54) is 0 Å². The Morgan fingerprint density at radius 3 is 2.73 bits per heavy atom. The predicted molar refractivity (Wildman–Crippen MR) is 56.2 cm³/mol. The Balaban J connectivity index is 3.20. The molecule has 0 aliphatic rings. The molecule has 86 valence electrons. The van der Waals surface area contributed by atoms with Crippen LogP contribution in [-0.2, 0) is 9.53 Å². The van der Waals surface area contributed by atoms with E-state index < -0.39 is 11.9 Å². The van der Waals surface area contributed by atoms with Gasteiger partial charge in [0.1, 0.15) is 0 Å². The minimum absolute atomic E-state index is 0.0494. The van der Waals surface area contributed by atoms with E-state index in [1.54, 1.807) is 6.08 Å². The molecule has 0 rings (SSSR count). The van der Waals surface area contributed by atoms with Crippen LogP contribution in [0.4, 0.5) is 4.79 Å². The molecular weight excluding hydrogens is 198 g/mol. The second-order valence-electron chi connectivity index (χ2n) is 2.78. The Morgan fingerprint density at radius 2 is 2.13 bits per heavy atom. The van der Waals surface area contributed by atoms with Crippen molar-refractivity contribution in [2.75, 3.05) is 26.3 Å². The highest BCUT2D eigenvalue weighted by atomic mass is 16.5. The topological polar surface area (TPSA) is 93.4 Å². The van der Waals surface area contributed by atoms with Gasteiger partial charge in [0.25, 0.3) is 0 Å². The van der Waals surface area contributed by atoms with Crippen molar-refractivity contribution < 1.29 is 14.3 Å². The standard InChI is InChI=1S/C9H17N3O3/c1-2-3-5-15-6-4-11-7-8(13)12-9(10)14/h2,11H,1,3-7H2,(H3,10,12,13,14). The van der Waals surface area contributed by atoms with Crippen molar-refractivity contribution >= 4 is 11.9 Å². The first-order valence-corrected chi connectivity index (χ1v) is 4.65. The van der Waals surface area contributed by atoms with Gasteiger partial charge in [0.15, 0.2) is 0 Å². The molecule has 0 saturated carbocycles. The summed E-state index contributed by atoms with van der Waals surface area (Å²) in [7, 11) is 0. The normalized spacial score (nSPS) is 9.60. The van der Waals surface area contributed by atoms with Gasteiger partial charge in [-0.15, -0.1) is 6.58 Å². The minimum Gasteiger partial charge on any atom is -0.380 e. The lowest BCUT2D eigenvalue weighted by Gasteiger charge is -2.04. The van der Waals surface area contributed by atoms with E-state index in [1.807, 2.05) is 5.32 Å². The van der Waals surface area contributed by atoms with Crippen molar-refractivity contribution in [1.82, 2.24) is 10.6 Å². The van der Waals surface area contributed by atoms with Crippen molar-refractivity contribution in [2.24, 2.45) is 5.73 Å². The molecule has 0 atom stereocenters. The van der Waals surface area contributed by atoms with E-state index in [4.69, 9.17) is 10.5 Å². The lowest BCUT2D eigenvalue weighted by atomic mass is 10.4. The van der Waals surface area contributed by atoms with E-state index >= 15 is 0 Å². The summed E-state index contributed by atoms with van der Waals surface area (Å²) in [4.78, 5) is 21.1. The SMILES string of the molecule is C=CCCOCCNCC(=O)NC(N)=O. The number of carbonyl (C=O) groups excluding carboxylic acids is 2. The summed E-state index contributed by atoms with van der Waals surface area (Å²) in [6.07, 6.45) is 2.58. The summed E-state index contributed by atoms with van der Waals surface area (Å²) in [6.45, 7) is 5.28. The number of nitrogens with one attached hydrogen (secondary N) is 2. The van der Waals surface area contributed by atoms with Crippen LogP contribution in [0.5, 0.6) is 0 Å². The van der Waals surface area contributed by atoms with Gasteiger partial charge in [-0.1, -0.05) is 6.08 Å². The molecule has 0 aromatic carbocycles. The van der Waals surface area contributed by atoms with Crippen LogP contribution in [0.2, 0.25) is 0 Å².